The number of pyridine rings is 1. The van der Waals surface area contributed by atoms with Gasteiger partial charge in [-0.1, -0.05) is 18.2 Å². The summed E-state index contributed by atoms with van der Waals surface area (Å²) in [6, 6.07) is 12.6. The van der Waals surface area contributed by atoms with Crippen molar-refractivity contribution < 1.29 is 9.13 Å². The highest BCUT2D eigenvalue weighted by atomic mass is 127. The molecule has 0 saturated carbocycles. The van der Waals surface area contributed by atoms with Crippen molar-refractivity contribution in [3.63, 3.8) is 0 Å². The molecule has 1 aromatic carbocycles. The molecule has 0 atom stereocenters. The summed E-state index contributed by atoms with van der Waals surface area (Å²) in [7, 11) is 1.67. The number of nitrogens with one attached hydrogen (secondary N) is 2. The molecule has 1 heterocycles. The number of rotatable bonds is 7. The molecule has 0 spiro atoms. The fourth-order valence-corrected chi connectivity index (χ4v) is 1.92. The number of guanidine groups is 1. The van der Waals surface area contributed by atoms with Gasteiger partial charge >= 0.3 is 0 Å². The lowest BCUT2D eigenvalue weighted by Crippen LogP contribution is -2.38. The predicted molar refractivity (Wildman–Crippen MR) is 104 cm³/mol. The highest BCUT2D eigenvalue weighted by Crippen LogP contribution is 2.08. The maximum absolute atomic E-state index is 13.5. The molecule has 7 heteroatoms. The molecule has 0 unspecified atom stereocenters. The number of aromatic nitrogens is 1. The zero-order valence-electron chi connectivity index (χ0n) is 13.5. The quantitative estimate of drug-likeness (QED) is 0.299. The first-order chi connectivity index (χ1) is 11.3. The molecular weight excluding hydrogens is 422 g/mol. The maximum Gasteiger partial charge on any atom is 0.191 e. The van der Waals surface area contributed by atoms with E-state index in [9.17, 15) is 4.39 Å². The number of nitrogens with zero attached hydrogens (tertiary/aromatic N) is 2. The molecule has 0 fully saturated rings. The molecule has 0 aliphatic carbocycles. The van der Waals surface area contributed by atoms with Gasteiger partial charge < -0.3 is 15.4 Å². The van der Waals surface area contributed by atoms with E-state index in [2.05, 4.69) is 20.6 Å². The summed E-state index contributed by atoms with van der Waals surface area (Å²) in [5, 5.41) is 6.18. The van der Waals surface area contributed by atoms with Gasteiger partial charge in [-0.15, -0.1) is 24.0 Å². The summed E-state index contributed by atoms with van der Waals surface area (Å²) in [5.74, 6) is 1.14. The van der Waals surface area contributed by atoms with Gasteiger partial charge in [0.15, 0.2) is 5.96 Å². The number of aliphatic imine (C=N–C) groups is 1. The lowest BCUT2D eigenvalue weighted by molar-refractivity contribution is 0.311. The second-order valence-corrected chi connectivity index (χ2v) is 4.80. The van der Waals surface area contributed by atoms with Gasteiger partial charge in [0, 0.05) is 19.8 Å². The van der Waals surface area contributed by atoms with Gasteiger partial charge in [-0.2, -0.15) is 0 Å². The predicted octanol–water partition coefficient (Wildman–Crippen LogP) is 2.97. The first kappa shape index (κ1) is 20.1. The highest BCUT2D eigenvalue weighted by Gasteiger charge is 2.03. The van der Waals surface area contributed by atoms with Gasteiger partial charge in [-0.25, -0.2) is 4.39 Å². The van der Waals surface area contributed by atoms with Crippen molar-refractivity contribution in [1.29, 1.82) is 0 Å². The summed E-state index contributed by atoms with van der Waals surface area (Å²) in [6.45, 7) is 1.60. The third-order valence-electron chi connectivity index (χ3n) is 3.11. The van der Waals surface area contributed by atoms with E-state index < -0.39 is 0 Å². The van der Waals surface area contributed by atoms with Crippen LogP contribution in [0.3, 0.4) is 0 Å². The van der Waals surface area contributed by atoms with Crippen LogP contribution in [0.5, 0.6) is 5.75 Å². The van der Waals surface area contributed by atoms with Gasteiger partial charge in [0.2, 0.25) is 0 Å². The molecule has 5 nitrogen and oxygen atoms in total. The lowest BCUT2D eigenvalue weighted by atomic mass is 10.3. The third kappa shape index (κ3) is 7.12. The maximum atomic E-state index is 13.5. The molecule has 0 aliphatic heterocycles. The molecule has 130 valence electrons. The van der Waals surface area contributed by atoms with Gasteiger partial charge in [0.25, 0.3) is 0 Å². The molecular formula is C17H22FIN4O. The Hall–Kier alpha value is -1.90. The molecule has 0 radical (unpaired) electrons. The molecule has 2 aromatic rings. The Bertz CT molecular complexity index is 625. The number of hydrogen-bond acceptors (Lipinski definition) is 3. The van der Waals surface area contributed by atoms with Crippen LogP contribution >= 0.6 is 24.0 Å². The van der Waals surface area contributed by atoms with Crippen molar-refractivity contribution in [2.24, 2.45) is 4.99 Å². The summed E-state index contributed by atoms with van der Waals surface area (Å²) >= 11 is 0. The Kier molecular flexibility index (Phi) is 9.74. The molecule has 2 rings (SSSR count). The van der Waals surface area contributed by atoms with Gasteiger partial charge in [0.1, 0.15) is 11.6 Å². The van der Waals surface area contributed by atoms with Crippen LogP contribution in [0.1, 0.15) is 12.1 Å². The van der Waals surface area contributed by atoms with E-state index >= 15 is 0 Å². The summed E-state index contributed by atoms with van der Waals surface area (Å²) in [5.41, 5.74) is 0.364. The lowest BCUT2D eigenvalue weighted by Gasteiger charge is -2.12. The molecule has 24 heavy (non-hydrogen) atoms. The SMILES string of the molecule is CN=C(NCCCOc1ccccc1)NCc1ncccc1F.I. The van der Waals surface area contributed by atoms with Crippen LogP contribution in [0, 0.1) is 5.82 Å². The zero-order valence-corrected chi connectivity index (χ0v) is 15.9. The van der Waals surface area contributed by atoms with Gasteiger partial charge in [-0.05, 0) is 30.7 Å². The van der Waals surface area contributed by atoms with Crippen LogP contribution in [-0.2, 0) is 6.54 Å². The molecule has 2 N–H and O–H groups in total. The van der Waals surface area contributed by atoms with E-state index in [1.54, 1.807) is 19.3 Å². The van der Waals surface area contributed by atoms with Crippen LogP contribution in [0.25, 0.3) is 0 Å². The van der Waals surface area contributed by atoms with Crippen molar-refractivity contribution in [2.75, 3.05) is 20.2 Å². The third-order valence-corrected chi connectivity index (χ3v) is 3.11. The van der Waals surface area contributed by atoms with Crippen molar-refractivity contribution in [1.82, 2.24) is 15.6 Å². The van der Waals surface area contributed by atoms with Crippen molar-refractivity contribution in [3.05, 3.63) is 60.2 Å². The molecule has 0 saturated heterocycles. The number of halogens is 2. The van der Waals surface area contributed by atoms with Crippen molar-refractivity contribution >= 4 is 29.9 Å². The van der Waals surface area contributed by atoms with E-state index in [-0.39, 0.29) is 36.3 Å². The minimum absolute atomic E-state index is 0. The van der Waals surface area contributed by atoms with E-state index in [4.69, 9.17) is 4.74 Å². The highest BCUT2D eigenvalue weighted by molar-refractivity contribution is 14.0. The summed E-state index contributed by atoms with van der Waals surface area (Å²) in [6.07, 6.45) is 2.39. The number of para-hydroxylation sites is 1. The fraction of sp³-hybridized carbons (Fsp3) is 0.294. The molecule has 0 amide bonds. The first-order valence-corrected chi connectivity index (χ1v) is 7.51. The van der Waals surface area contributed by atoms with Gasteiger partial charge in [-0.3, -0.25) is 9.98 Å². The minimum Gasteiger partial charge on any atom is -0.494 e. The van der Waals surface area contributed by atoms with E-state index in [0.717, 1.165) is 12.2 Å². The van der Waals surface area contributed by atoms with Crippen LogP contribution in [0.15, 0.2) is 53.7 Å². The van der Waals surface area contributed by atoms with Gasteiger partial charge in [0.05, 0.1) is 18.8 Å². The van der Waals surface area contributed by atoms with Crippen LogP contribution in [0.2, 0.25) is 0 Å². The minimum atomic E-state index is -0.327. The monoisotopic (exact) mass is 444 g/mol. The summed E-state index contributed by atoms with van der Waals surface area (Å²) < 4.78 is 19.1. The molecule has 0 aliphatic rings. The van der Waals surface area contributed by atoms with Crippen LogP contribution < -0.4 is 15.4 Å². The Morgan fingerprint density at radius 2 is 1.96 bits per heavy atom. The van der Waals surface area contributed by atoms with E-state index in [1.165, 1.54) is 6.07 Å². The smallest absolute Gasteiger partial charge is 0.191 e. The van der Waals surface area contributed by atoms with Crippen molar-refractivity contribution in [3.8, 4) is 5.75 Å². The second-order valence-electron chi connectivity index (χ2n) is 4.80. The number of hydrogen-bond donors (Lipinski definition) is 2. The average Bonchev–Trinajstić information content (AvgIpc) is 2.59. The number of ether oxygens (including phenoxy) is 1. The Labute approximate surface area is 158 Å². The Balaban J connectivity index is 0.00000288. The normalized spacial score (nSPS) is 10.7. The molecule has 0 bridgehead atoms. The van der Waals surface area contributed by atoms with E-state index in [1.807, 2.05) is 30.3 Å². The Morgan fingerprint density at radius 3 is 2.67 bits per heavy atom. The first-order valence-electron chi connectivity index (χ1n) is 7.51. The standard InChI is InChI=1S/C17H21FN4O.HI/c1-19-17(22-13-16-15(18)9-5-10-20-16)21-11-6-12-23-14-7-3-2-4-8-14;/h2-5,7-10H,6,11-13H2,1H3,(H2,19,21,22);1H. The molecule has 1 aromatic heterocycles. The average molecular weight is 444 g/mol. The fourth-order valence-electron chi connectivity index (χ4n) is 1.92. The van der Waals surface area contributed by atoms with E-state index in [0.29, 0.717) is 24.8 Å². The van der Waals surface area contributed by atoms with Crippen LogP contribution in [0.4, 0.5) is 4.39 Å². The Morgan fingerprint density at radius 1 is 1.17 bits per heavy atom. The largest absolute Gasteiger partial charge is 0.494 e. The summed E-state index contributed by atoms with van der Waals surface area (Å²) in [4.78, 5) is 8.08. The van der Waals surface area contributed by atoms with Crippen molar-refractivity contribution in [2.45, 2.75) is 13.0 Å². The topological polar surface area (TPSA) is 58.5 Å². The van der Waals surface area contributed by atoms with Crippen LogP contribution in [-0.4, -0.2) is 31.1 Å². The zero-order chi connectivity index (χ0) is 16.3. The number of benzene rings is 1. The second kappa shape index (κ2) is 11.6.